The van der Waals surface area contributed by atoms with Crippen LogP contribution in [0.5, 0.6) is 5.75 Å². The lowest BCUT2D eigenvalue weighted by Crippen LogP contribution is -2.06. The van der Waals surface area contributed by atoms with E-state index < -0.39 is 4.92 Å². The molecule has 3 rings (SSSR count). The van der Waals surface area contributed by atoms with Crippen molar-refractivity contribution in [2.75, 3.05) is 13.2 Å². The molecule has 0 spiro atoms. The van der Waals surface area contributed by atoms with Gasteiger partial charge in [-0.1, -0.05) is 0 Å². The molecule has 1 aromatic heterocycles. The summed E-state index contributed by atoms with van der Waals surface area (Å²) in [6.45, 7) is 2.59. The number of imidazole rings is 1. The van der Waals surface area contributed by atoms with E-state index in [-0.39, 0.29) is 11.7 Å². The fraction of sp³-hybridized carbons (Fsp3) is 0.263. The van der Waals surface area contributed by atoms with Crippen molar-refractivity contribution in [2.24, 2.45) is 0 Å². The number of nitro groups is 1. The van der Waals surface area contributed by atoms with Crippen LogP contribution >= 0.6 is 0 Å². The number of H-pyrrole nitrogens is 1. The maximum absolute atomic E-state index is 11.3. The van der Waals surface area contributed by atoms with E-state index in [2.05, 4.69) is 9.97 Å². The molecule has 3 aromatic rings. The molecular formula is C19H19N3O5. The quantitative estimate of drug-likeness (QED) is 0.280. The van der Waals surface area contributed by atoms with E-state index in [1.807, 2.05) is 24.3 Å². The van der Waals surface area contributed by atoms with Gasteiger partial charge in [0, 0.05) is 24.1 Å². The molecule has 0 aliphatic rings. The molecule has 0 saturated carbocycles. The maximum atomic E-state index is 11.3. The summed E-state index contributed by atoms with van der Waals surface area (Å²) in [7, 11) is 0. The van der Waals surface area contributed by atoms with E-state index in [0.29, 0.717) is 48.7 Å². The second-order valence-electron chi connectivity index (χ2n) is 5.83. The van der Waals surface area contributed by atoms with Crippen LogP contribution in [0.2, 0.25) is 0 Å². The molecular weight excluding hydrogens is 350 g/mol. The molecule has 1 N–H and O–H groups in total. The third-order valence-corrected chi connectivity index (χ3v) is 3.90. The highest BCUT2D eigenvalue weighted by Gasteiger charge is 2.11. The molecule has 140 valence electrons. The van der Waals surface area contributed by atoms with Crippen LogP contribution in [0.15, 0.2) is 42.5 Å². The molecule has 0 bridgehead atoms. The molecule has 0 aliphatic heterocycles. The van der Waals surface area contributed by atoms with Crippen molar-refractivity contribution >= 4 is 22.7 Å². The Hall–Kier alpha value is -3.42. The minimum absolute atomic E-state index is 0.0178. The zero-order valence-electron chi connectivity index (χ0n) is 14.8. The van der Waals surface area contributed by atoms with Crippen LogP contribution in [-0.4, -0.2) is 34.1 Å². The van der Waals surface area contributed by atoms with Crippen molar-refractivity contribution < 1.29 is 19.2 Å². The van der Waals surface area contributed by atoms with E-state index in [4.69, 9.17) is 9.47 Å². The summed E-state index contributed by atoms with van der Waals surface area (Å²) in [6, 6.07) is 11.9. The Morgan fingerprint density at radius 1 is 1.22 bits per heavy atom. The minimum Gasteiger partial charge on any atom is -0.494 e. The van der Waals surface area contributed by atoms with E-state index >= 15 is 0 Å². The predicted octanol–water partition coefficient (Wildman–Crippen LogP) is 3.86. The van der Waals surface area contributed by atoms with Crippen LogP contribution in [0.3, 0.4) is 0 Å². The van der Waals surface area contributed by atoms with Crippen molar-refractivity contribution in [3.63, 3.8) is 0 Å². The molecule has 0 aliphatic carbocycles. The minimum atomic E-state index is -0.436. The lowest BCUT2D eigenvalue weighted by atomic mass is 10.2. The third kappa shape index (κ3) is 4.60. The zero-order chi connectivity index (χ0) is 19.2. The highest BCUT2D eigenvalue weighted by Crippen LogP contribution is 2.25. The summed E-state index contributed by atoms with van der Waals surface area (Å²) in [5.74, 6) is 1.09. The normalized spacial score (nSPS) is 10.7. The van der Waals surface area contributed by atoms with Crippen molar-refractivity contribution in [2.45, 2.75) is 19.8 Å². The van der Waals surface area contributed by atoms with E-state index in [0.717, 1.165) is 5.56 Å². The highest BCUT2D eigenvalue weighted by molar-refractivity contribution is 5.81. The number of fused-ring (bicyclic) bond motifs is 1. The summed E-state index contributed by atoms with van der Waals surface area (Å²) in [5, 5.41) is 10.9. The highest BCUT2D eigenvalue weighted by atomic mass is 16.6. The van der Waals surface area contributed by atoms with Gasteiger partial charge in [-0.15, -0.1) is 0 Å². The molecule has 0 unspecified atom stereocenters. The summed E-state index contributed by atoms with van der Waals surface area (Å²) in [4.78, 5) is 29.2. The van der Waals surface area contributed by atoms with Gasteiger partial charge in [0.15, 0.2) is 0 Å². The molecule has 0 atom stereocenters. The predicted molar refractivity (Wildman–Crippen MR) is 99.5 cm³/mol. The van der Waals surface area contributed by atoms with E-state index in [1.54, 1.807) is 13.0 Å². The number of aromatic amines is 1. The summed E-state index contributed by atoms with van der Waals surface area (Å²) in [5.41, 5.74) is 2.13. The van der Waals surface area contributed by atoms with Gasteiger partial charge in [-0.2, -0.15) is 0 Å². The van der Waals surface area contributed by atoms with Crippen LogP contribution in [0.4, 0.5) is 5.69 Å². The number of ether oxygens (including phenoxy) is 2. The number of nitrogens with one attached hydrogen (secondary N) is 1. The number of benzene rings is 2. The van der Waals surface area contributed by atoms with Crippen molar-refractivity contribution in [1.82, 2.24) is 9.97 Å². The largest absolute Gasteiger partial charge is 0.494 e. The van der Waals surface area contributed by atoms with Crippen LogP contribution in [0, 0.1) is 10.1 Å². The maximum Gasteiger partial charge on any atom is 0.305 e. The first-order valence-corrected chi connectivity index (χ1v) is 8.60. The van der Waals surface area contributed by atoms with Gasteiger partial charge < -0.3 is 14.5 Å². The van der Waals surface area contributed by atoms with E-state index in [1.165, 1.54) is 12.1 Å². The first-order valence-electron chi connectivity index (χ1n) is 8.60. The second kappa shape index (κ2) is 8.31. The number of aromatic nitrogens is 2. The summed E-state index contributed by atoms with van der Waals surface area (Å²) < 4.78 is 10.5. The van der Waals surface area contributed by atoms with Gasteiger partial charge in [0.2, 0.25) is 0 Å². The Morgan fingerprint density at radius 3 is 2.70 bits per heavy atom. The fourth-order valence-electron chi connectivity index (χ4n) is 2.60. The van der Waals surface area contributed by atoms with Gasteiger partial charge in [-0.05, 0) is 43.7 Å². The number of hydrogen-bond donors (Lipinski definition) is 1. The average molecular weight is 369 g/mol. The number of non-ortho nitro benzene ring substituents is 1. The van der Waals surface area contributed by atoms with E-state index in [9.17, 15) is 14.9 Å². The van der Waals surface area contributed by atoms with Gasteiger partial charge in [0.25, 0.3) is 5.69 Å². The number of hydrogen-bond acceptors (Lipinski definition) is 6. The van der Waals surface area contributed by atoms with Gasteiger partial charge in [0.05, 0.1) is 29.2 Å². The molecule has 0 saturated heterocycles. The number of nitro benzene ring substituents is 1. The number of carbonyl (C=O) groups is 1. The standard InChI is InChI=1S/C19H19N3O5/c1-2-26-18(23)4-3-11-27-15-8-5-13(6-9-15)19-20-16-10-7-14(22(24)25)12-17(16)21-19/h5-10,12H,2-4,11H2,1H3,(H,20,21). The Kier molecular flexibility index (Phi) is 5.65. The molecule has 0 amide bonds. The van der Waals surface area contributed by atoms with Crippen LogP contribution in [0.25, 0.3) is 22.4 Å². The van der Waals surface area contributed by atoms with Gasteiger partial charge >= 0.3 is 5.97 Å². The molecule has 8 nitrogen and oxygen atoms in total. The molecule has 8 heteroatoms. The molecule has 27 heavy (non-hydrogen) atoms. The SMILES string of the molecule is CCOC(=O)CCCOc1ccc(-c2nc3ccc([N+](=O)[O-])cc3[nH]2)cc1. The number of rotatable bonds is 8. The van der Waals surface area contributed by atoms with Crippen molar-refractivity contribution in [3.8, 4) is 17.1 Å². The second-order valence-corrected chi connectivity index (χ2v) is 5.83. The monoisotopic (exact) mass is 369 g/mol. The van der Waals surface area contributed by atoms with Crippen LogP contribution < -0.4 is 4.74 Å². The van der Waals surface area contributed by atoms with Crippen molar-refractivity contribution in [1.29, 1.82) is 0 Å². The lowest BCUT2D eigenvalue weighted by Gasteiger charge is -2.06. The van der Waals surface area contributed by atoms with Gasteiger partial charge in [0.1, 0.15) is 11.6 Å². The van der Waals surface area contributed by atoms with Gasteiger partial charge in [-0.25, -0.2) is 4.98 Å². The zero-order valence-corrected chi connectivity index (χ0v) is 14.8. The molecule has 1 heterocycles. The fourth-order valence-corrected chi connectivity index (χ4v) is 2.60. The Balaban J connectivity index is 1.62. The Morgan fingerprint density at radius 2 is 2.00 bits per heavy atom. The van der Waals surface area contributed by atoms with Gasteiger partial charge in [-0.3, -0.25) is 14.9 Å². The van der Waals surface area contributed by atoms with Crippen LogP contribution in [-0.2, 0) is 9.53 Å². The first-order chi connectivity index (χ1) is 13.1. The molecule has 0 radical (unpaired) electrons. The summed E-state index contributed by atoms with van der Waals surface area (Å²) in [6.07, 6.45) is 0.917. The van der Waals surface area contributed by atoms with Crippen LogP contribution in [0.1, 0.15) is 19.8 Å². The van der Waals surface area contributed by atoms with Crippen molar-refractivity contribution in [3.05, 3.63) is 52.6 Å². The third-order valence-electron chi connectivity index (χ3n) is 3.90. The lowest BCUT2D eigenvalue weighted by molar-refractivity contribution is -0.384. The average Bonchev–Trinajstić information content (AvgIpc) is 3.09. The smallest absolute Gasteiger partial charge is 0.305 e. The summed E-state index contributed by atoms with van der Waals surface area (Å²) >= 11 is 0. The molecule has 0 fully saturated rings. The Labute approximate surface area is 155 Å². The number of carbonyl (C=O) groups excluding carboxylic acids is 1. The molecule has 2 aromatic carbocycles. The first kappa shape index (κ1) is 18.4. The number of esters is 1. The Bertz CT molecular complexity index is 950. The number of nitrogens with zero attached hydrogens (tertiary/aromatic N) is 2. The topological polar surface area (TPSA) is 107 Å².